The first-order valence-corrected chi connectivity index (χ1v) is 7.16. The summed E-state index contributed by atoms with van der Waals surface area (Å²) in [5, 5.41) is 24.5. The zero-order valence-electron chi connectivity index (χ0n) is 12.2. The minimum absolute atomic E-state index is 0.0439. The van der Waals surface area contributed by atoms with Crippen LogP contribution in [0.15, 0.2) is 60.7 Å². The third-order valence-corrected chi connectivity index (χ3v) is 3.80. The number of nitrogens with one attached hydrogen (secondary N) is 1. The normalized spacial score (nSPS) is 11.8. The molecule has 22 heavy (non-hydrogen) atoms. The molecule has 3 nitrogen and oxygen atoms in total. The Kier molecular flexibility index (Phi) is 3.67. The zero-order chi connectivity index (χ0) is 15.5. The van der Waals surface area contributed by atoms with Crippen LogP contribution in [-0.4, -0.2) is 5.11 Å². The second-order valence-corrected chi connectivity index (χ2v) is 5.28. The minimum atomic E-state index is -0.0439. The first-order chi connectivity index (χ1) is 10.7. The van der Waals surface area contributed by atoms with E-state index >= 15 is 0 Å². The lowest BCUT2D eigenvalue weighted by atomic mass is 10.0. The summed E-state index contributed by atoms with van der Waals surface area (Å²) >= 11 is 0. The third kappa shape index (κ3) is 2.59. The molecule has 2 N–H and O–H groups in total. The van der Waals surface area contributed by atoms with Gasteiger partial charge in [0.1, 0.15) is 5.75 Å². The highest BCUT2D eigenvalue weighted by atomic mass is 16.3. The van der Waals surface area contributed by atoms with E-state index in [9.17, 15) is 5.11 Å². The Bertz CT molecular complexity index is 847. The zero-order valence-corrected chi connectivity index (χ0v) is 12.2. The Labute approximate surface area is 129 Å². The van der Waals surface area contributed by atoms with Gasteiger partial charge in [-0.3, -0.25) is 0 Å². The van der Waals surface area contributed by atoms with E-state index in [2.05, 4.69) is 11.4 Å². The molecule has 0 aromatic heterocycles. The first kappa shape index (κ1) is 14.0. The van der Waals surface area contributed by atoms with E-state index < -0.39 is 0 Å². The number of nitrogens with zero attached hydrogens (tertiary/aromatic N) is 1. The number of hydrogen-bond donors (Lipinski definition) is 2. The number of benzene rings is 3. The fraction of sp³-hybridized carbons (Fsp3) is 0.105. The highest BCUT2D eigenvalue weighted by molar-refractivity contribution is 5.89. The molecule has 0 aliphatic rings. The Morgan fingerprint density at radius 3 is 2.45 bits per heavy atom. The van der Waals surface area contributed by atoms with Gasteiger partial charge in [0.25, 0.3) is 0 Å². The van der Waals surface area contributed by atoms with E-state index in [4.69, 9.17) is 5.26 Å². The maximum absolute atomic E-state index is 10.5. The van der Waals surface area contributed by atoms with E-state index in [1.165, 1.54) is 0 Å². The van der Waals surface area contributed by atoms with Gasteiger partial charge in [0.15, 0.2) is 0 Å². The Hall–Kier alpha value is -2.99. The molecule has 0 amide bonds. The number of phenols is 1. The van der Waals surface area contributed by atoms with Crippen LogP contribution in [0.3, 0.4) is 0 Å². The van der Waals surface area contributed by atoms with E-state index in [1.54, 1.807) is 12.1 Å². The highest BCUT2D eigenvalue weighted by Crippen LogP contribution is 2.33. The van der Waals surface area contributed by atoms with Crippen LogP contribution in [-0.2, 0) is 0 Å². The molecule has 0 spiro atoms. The fourth-order valence-corrected chi connectivity index (χ4v) is 2.59. The second kappa shape index (κ2) is 5.79. The maximum atomic E-state index is 10.5. The van der Waals surface area contributed by atoms with E-state index in [1.807, 2.05) is 55.5 Å². The van der Waals surface area contributed by atoms with Crippen molar-refractivity contribution in [2.75, 3.05) is 5.32 Å². The van der Waals surface area contributed by atoms with Crippen molar-refractivity contribution in [2.24, 2.45) is 0 Å². The molecule has 0 saturated carbocycles. The van der Waals surface area contributed by atoms with Gasteiger partial charge in [-0.15, -0.1) is 0 Å². The topological polar surface area (TPSA) is 56.0 Å². The van der Waals surface area contributed by atoms with Crippen LogP contribution in [0.5, 0.6) is 5.75 Å². The summed E-state index contributed by atoms with van der Waals surface area (Å²) in [4.78, 5) is 0. The van der Waals surface area contributed by atoms with Crippen molar-refractivity contribution in [3.05, 3.63) is 71.8 Å². The Balaban J connectivity index is 1.90. The second-order valence-electron chi connectivity index (χ2n) is 5.28. The molecule has 0 heterocycles. The van der Waals surface area contributed by atoms with Gasteiger partial charge < -0.3 is 10.4 Å². The first-order valence-electron chi connectivity index (χ1n) is 7.16. The summed E-state index contributed by atoms with van der Waals surface area (Å²) in [6, 6.07) is 21.1. The van der Waals surface area contributed by atoms with E-state index in [0.717, 1.165) is 22.0 Å². The molecule has 3 aromatic carbocycles. The van der Waals surface area contributed by atoms with Gasteiger partial charge in [0.05, 0.1) is 17.7 Å². The lowest BCUT2D eigenvalue weighted by Crippen LogP contribution is -2.06. The third-order valence-electron chi connectivity index (χ3n) is 3.80. The van der Waals surface area contributed by atoms with Gasteiger partial charge in [0, 0.05) is 16.6 Å². The number of phenolic OH excluding ortho intramolecular Hbond substituents is 1. The quantitative estimate of drug-likeness (QED) is 0.741. The van der Waals surface area contributed by atoms with Crippen molar-refractivity contribution in [2.45, 2.75) is 13.0 Å². The van der Waals surface area contributed by atoms with Crippen LogP contribution >= 0.6 is 0 Å². The number of nitriles is 1. The van der Waals surface area contributed by atoms with Crippen molar-refractivity contribution in [1.82, 2.24) is 0 Å². The summed E-state index contributed by atoms with van der Waals surface area (Å²) < 4.78 is 0. The Morgan fingerprint density at radius 1 is 1.00 bits per heavy atom. The van der Waals surface area contributed by atoms with Gasteiger partial charge in [0.2, 0.25) is 0 Å². The van der Waals surface area contributed by atoms with Crippen molar-refractivity contribution in [3.63, 3.8) is 0 Å². The molecular weight excluding hydrogens is 272 g/mol. The number of aromatic hydroxyl groups is 1. The smallest absolute Gasteiger partial charge is 0.128 e. The van der Waals surface area contributed by atoms with Crippen molar-refractivity contribution < 1.29 is 5.11 Å². The van der Waals surface area contributed by atoms with Crippen molar-refractivity contribution in [1.29, 1.82) is 5.26 Å². The molecule has 1 unspecified atom stereocenters. The standard InChI is InChI=1S/C19H16N2O/c1-13(21-16-9-6-14(12-20)7-10-16)17-11-8-15-4-2-3-5-18(15)19(17)22/h2-11,13,21-22H,1H3. The minimum Gasteiger partial charge on any atom is -0.507 e. The van der Waals surface area contributed by atoms with Gasteiger partial charge in [-0.25, -0.2) is 0 Å². The summed E-state index contributed by atoms with van der Waals surface area (Å²) in [5.74, 6) is 0.312. The Morgan fingerprint density at radius 2 is 1.73 bits per heavy atom. The predicted molar refractivity (Wildman–Crippen MR) is 88.8 cm³/mol. The highest BCUT2D eigenvalue weighted by Gasteiger charge is 2.12. The molecule has 108 valence electrons. The van der Waals surface area contributed by atoms with E-state index in [-0.39, 0.29) is 6.04 Å². The lowest BCUT2D eigenvalue weighted by Gasteiger charge is -2.18. The number of hydrogen-bond acceptors (Lipinski definition) is 3. The predicted octanol–water partition coefficient (Wildman–Crippen LogP) is 4.59. The number of rotatable bonds is 3. The average molecular weight is 288 g/mol. The SMILES string of the molecule is CC(Nc1ccc(C#N)cc1)c1ccc2ccccc2c1O. The summed E-state index contributed by atoms with van der Waals surface area (Å²) in [7, 11) is 0. The molecule has 3 aromatic rings. The molecule has 0 aliphatic carbocycles. The molecule has 3 rings (SSSR count). The van der Waals surface area contributed by atoms with Crippen LogP contribution in [0.25, 0.3) is 10.8 Å². The van der Waals surface area contributed by atoms with Crippen LogP contribution < -0.4 is 5.32 Å². The molecule has 0 fully saturated rings. The molecular formula is C19H16N2O. The summed E-state index contributed by atoms with van der Waals surface area (Å²) in [6.07, 6.45) is 0. The van der Waals surface area contributed by atoms with Gasteiger partial charge in [-0.2, -0.15) is 5.26 Å². The summed E-state index contributed by atoms with van der Waals surface area (Å²) in [5.41, 5.74) is 2.40. The molecule has 0 radical (unpaired) electrons. The number of fused-ring (bicyclic) bond motifs is 1. The van der Waals surface area contributed by atoms with Crippen LogP contribution in [0.1, 0.15) is 24.1 Å². The summed E-state index contributed by atoms with van der Waals surface area (Å²) in [6.45, 7) is 2.00. The van der Waals surface area contributed by atoms with Crippen molar-refractivity contribution in [3.8, 4) is 11.8 Å². The largest absolute Gasteiger partial charge is 0.507 e. The molecule has 1 atom stereocenters. The molecule has 0 saturated heterocycles. The lowest BCUT2D eigenvalue weighted by molar-refractivity contribution is 0.472. The maximum Gasteiger partial charge on any atom is 0.128 e. The van der Waals surface area contributed by atoms with Crippen molar-refractivity contribution >= 4 is 16.5 Å². The van der Waals surface area contributed by atoms with Crippen LogP contribution in [0.4, 0.5) is 5.69 Å². The van der Waals surface area contributed by atoms with Crippen LogP contribution in [0.2, 0.25) is 0 Å². The van der Waals surface area contributed by atoms with Gasteiger partial charge in [-0.05, 0) is 36.6 Å². The van der Waals surface area contributed by atoms with Gasteiger partial charge in [-0.1, -0.05) is 36.4 Å². The molecule has 0 bridgehead atoms. The van der Waals surface area contributed by atoms with Crippen LogP contribution in [0, 0.1) is 11.3 Å². The van der Waals surface area contributed by atoms with E-state index in [0.29, 0.717) is 11.3 Å². The molecule has 0 aliphatic heterocycles. The van der Waals surface area contributed by atoms with Gasteiger partial charge >= 0.3 is 0 Å². The monoisotopic (exact) mass is 288 g/mol. The fourth-order valence-electron chi connectivity index (χ4n) is 2.59. The average Bonchev–Trinajstić information content (AvgIpc) is 2.56. The number of anilines is 1. The molecule has 3 heteroatoms.